The first-order valence-corrected chi connectivity index (χ1v) is 12.7. The van der Waals surface area contributed by atoms with Gasteiger partial charge in [0, 0.05) is 38.0 Å². The predicted octanol–water partition coefficient (Wildman–Crippen LogP) is 4.99. The third-order valence-corrected chi connectivity index (χ3v) is 8.22. The van der Waals surface area contributed by atoms with Crippen molar-refractivity contribution in [2.24, 2.45) is 11.8 Å². The summed E-state index contributed by atoms with van der Waals surface area (Å²) in [5.41, 5.74) is -0.763. The molecule has 1 aromatic carbocycles. The maximum atomic E-state index is 15.4. The van der Waals surface area contributed by atoms with E-state index in [2.05, 4.69) is 10.3 Å². The molecule has 2 saturated carbocycles. The smallest absolute Gasteiger partial charge is 0.260 e. The molecular formula is C28H26F4N4O2. The highest BCUT2D eigenvalue weighted by molar-refractivity contribution is 5.98. The number of carbonyl (C=O) groups excluding carboxylic acids is 1. The Hall–Kier alpha value is -3.69. The van der Waals surface area contributed by atoms with E-state index >= 15 is 4.39 Å². The Morgan fingerprint density at radius 1 is 1.24 bits per heavy atom. The molecule has 3 aromatic rings. The molecule has 6 nitrogen and oxygen atoms in total. The van der Waals surface area contributed by atoms with Crippen molar-refractivity contribution in [2.45, 2.75) is 37.8 Å². The van der Waals surface area contributed by atoms with Crippen molar-refractivity contribution in [1.29, 1.82) is 0 Å². The molecule has 3 aliphatic rings. The van der Waals surface area contributed by atoms with E-state index in [1.165, 1.54) is 33.9 Å². The van der Waals surface area contributed by atoms with Crippen molar-refractivity contribution in [1.82, 2.24) is 14.9 Å². The summed E-state index contributed by atoms with van der Waals surface area (Å²) in [7, 11) is 1.62. The fourth-order valence-corrected chi connectivity index (χ4v) is 6.44. The molecule has 2 bridgehead atoms. The fraction of sp³-hybridized carbons (Fsp3) is 0.393. The summed E-state index contributed by atoms with van der Waals surface area (Å²) >= 11 is 0. The van der Waals surface area contributed by atoms with Gasteiger partial charge in [0.15, 0.2) is 5.65 Å². The number of anilines is 1. The molecule has 2 fully saturated rings. The average molecular weight is 527 g/mol. The number of fused-ring (bicyclic) bond motifs is 2. The number of hydrogen-bond acceptors (Lipinski definition) is 4. The number of nitrogens with one attached hydrogen (secondary N) is 1. The van der Waals surface area contributed by atoms with Gasteiger partial charge in [-0.2, -0.15) is 0 Å². The summed E-state index contributed by atoms with van der Waals surface area (Å²) in [6.45, 7) is -0.585. The molecule has 10 heteroatoms. The van der Waals surface area contributed by atoms with Gasteiger partial charge >= 0.3 is 0 Å². The van der Waals surface area contributed by atoms with Crippen molar-refractivity contribution in [3.05, 3.63) is 75.2 Å². The normalized spacial score (nSPS) is 23.8. The first kappa shape index (κ1) is 24.6. The van der Waals surface area contributed by atoms with Crippen LogP contribution in [0.5, 0.6) is 0 Å². The highest BCUT2D eigenvalue weighted by Crippen LogP contribution is 2.59. The summed E-state index contributed by atoms with van der Waals surface area (Å²) in [4.78, 5) is 32.9. The number of benzene rings is 1. The SMILES string of the molecule is CN(CCF)c1ccc2c(=O)c(C(=O)NC3=C4CCC5CC(F)(C3)CC45)cn(-c3ccc(F)cc3F)c2n1. The van der Waals surface area contributed by atoms with Crippen molar-refractivity contribution >= 4 is 22.8 Å². The molecule has 6 rings (SSSR count). The Morgan fingerprint density at radius 2 is 2.05 bits per heavy atom. The summed E-state index contributed by atoms with van der Waals surface area (Å²) < 4.78 is 58.1. The zero-order valence-electron chi connectivity index (χ0n) is 20.7. The molecule has 2 heterocycles. The zero-order valence-corrected chi connectivity index (χ0v) is 20.7. The van der Waals surface area contributed by atoms with E-state index in [-0.39, 0.29) is 41.2 Å². The lowest BCUT2D eigenvalue weighted by atomic mass is 9.84. The Balaban J connectivity index is 1.47. The van der Waals surface area contributed by atoms with Crippen molar-refractivity contribution in [3.63, 3.8) is 0 Å². The molecule has 1 amide bonds. The first-order valence-electron chi connectivity index (χ1n) is 12.7. The minimum atomic E-state index is -1.35. The second-order valence-electron chi connectivity index (χ2n) is 10.6. The number of rotatable bonds is 6. The van der Waals surface area contributed by atoms with E-state index in [0.717, 1.165) is 24.5 Å². The van der Waals surface area contributed by atoms with Gasteiger partial charge in [-0.3, -0.25) is 14.2 Å². The van der Waals surface area contributed by atoms with Crippen LogP contribution in [0.2, 0.25) is 0 Å². The van der Waals surface area contributed by atoms with E-state index in [9.17, 15) is 22.8 Å². The molecule has 3 atom stereocenters. The first-order chi connectivity index (χ1) is 18.2. The number of carbonyl (C=O) groups is 1. The van der Waals surface area contributed by atoms with Crippen LogP contribution in [0, 0.1) is 23.5 Å². The number of pyridine rings is 2. The standard InChI is InChI=1S/C28H26F4N4O2/c1-35(9-8-29)24-7-5-18-25(37)20(14-36(26(18)34-24)23-6-3-16(30)10-21(23)31)27(38)33-22-13-28(32)11-15-2-4-17(22)19(15)12-28/h3,5-7,10,14-15,19H,2,4,8-9,11-13H2,1H3,(H,33,38). The number of allylic oxidation sites excluding steroid dienone is 2. The van der Waals surface area contributed by atoms with E-state index in [1.807, 2.05) is 0 Å². The van der Waals surface area contributed by atoms with E-state index in [0.29, 0.717) is 36.3 Å². The van der Waals surface area contributed by atoms with Crippen molar-refractivity contribution in [2.75, 3.05) is 25.2 Å². The molecular weight excluding hydrogens is 500 g/mol. The highest BCUT2D eigenvalue weighted by atomic mass is 19.1. The van der Waals surface area contributed by atoms with Gasteiger partial charge < -0.3 is 10.2 Å². The lowest BCUT2D eigenvalue weighted by Crippen LogP contribution is -2.35. The molecule has 0 radical (unpaired) electrons. The number of nitrogens with zero attached hydrogens (tertiary/aromatic N) is 3. The molecule has 0 aliphatic heterocycles. The molecule has 38 heavy (non-hydrogen) atoms. The van der Waals surface area contributed by atoms with Gasteiger partial charge in [0.2, 0.25) is 5.43 Å². The molecule has 0 saturated heterocycles. The lowest BCUT2D eigenvalue weighted by Gasteiger charge is -2.29. The molecule has 1 N–H and O–H groups in total. The molecule has 198 valence electrons. The number of hydrogen-bond donors (Lipinski definition) is 1. The summed E-state index contributed by atoms with van der Waals surface area (Å²) in [6, 6.07) is 5.90. The maximum absolute atomic E-state index is 15.4. The van der Waals surface area contributed by atoms with Gasteiger partial charge in [-0.1, -0.05) is 0 Å². The van der Waals surface area contributed by atoms with Gasteiger partial charge in [0.1, 0.15) is 35.4 Å². The number of aromatic nitrogens is 2. The predicted molar refractivity (Wildman–Crippen MR) is 135 cm³/mol. The summed E-state index contributed by atoms with van der Waals surface area (Å²) in [6.07, 6.45) is 3.92. The Labute approximate surface area is 216 Å². The molecule has 0 spiro atoms. The minimum Gasteiger partial charge on any atom is -0.357 e. The highest BCUT2D eigenvalue weighted by Gasteiger charge is 2.54. The van der Waals surface area contributed by atoms with Crippen LogP contribution in [0.25, 0.3) is 16.7 Å². The largest absolute Gasteiger partial charge is 0.357 e. The molecule has 3 unspecified atom stereocenters. The van der Waals surface area contributed by atoms with Crippen LogP contribution < -0.4 is 15.6 Å². The third-order valence-electron chi connectivity index (χ3n) is 8.22. The number of amides is 1. The molecule has 3 aliphatic carbocycles. The summed E-state index contributed by atoms with van der Waals surface area (Å²) in [5.74, 6) is -1.69. The number of alkyl halides is 2. The van der Waals surface area contributed by atoms with Gasteiger partial charge in [-0.25, -0.2) is 22.5 Å². The monoisotopic (exact) mass is 526 g/mol. The van der Waals surface area contributed by atoms with Crippen LogP contribution in [-0.4, -0.2) is 41.4 Å². The van der Waals surface area contributed by atoms with Gasteiger partial charge in [-0.05, 0) is 67.4 Å². The van der Waals surface area contributed by atoms with Crippen LogP contribution in [0.1, 0.15) is 42.5 Å². The van der Waals surface area contributed by atoms with Crippen LogP contribution in [0.15, 0.2) is 52.6 Å². The summed E-state index contributed by atoms with van der Waals surface area (Å²) in [5, 5.41) is 2.84. The topological polar surface area (TPSA) is 67.2 Å². The Morgan fingerprint density at radius 3 is 2.82 bits per heavy atom. The van der Waals surface area contributed by atoms with Crippen LogP contribution >= 0.6 is 0 Å². The maximum Gasteiger partial charge on any atom is 0.260 e. The zero-order chi connectivity index (χ0) is 26.8. The van der Waals surface area contributed by atoms with E-state index in [4.69, 9.17) is 0 Å². The lowest BCUT2D eigenvalue weighted by molar-refractivity contribution is 0.0949. The Bertz CT molecular complexity index is 1570. The average Bonchev–Trinajstić information content (AvgIpc) is 3.38. The second kappa shape index (κ2) is 8.96. The molecule has 2 aromatic heterocycles. The van der Waals surface area contributed by atoms with Gasteiger partial charge in [0.05, 0.1) is 11.1 Å². The van der Waals surface area contributed by atoms with Gasteiger partial charge in [-0.15, -0.1) is 0 Å². The Kier molecular flexibility index (Phi) is 5.81. The fourth-order valence-electron chi connectivity index (χ4n) is 6.44. The van der Waals surface area contributed by atoms with Gasteiger partial charge in [0.25, 0.3) is 5.91 Å². The van der Waals surface area contributed by atoms with Crippen LogP contribution in [-0.2, 0) is 0 Å². The van der Waals surface area contributed by atoms with E-state index in [1.54, 1.807) is 7.05 Å². The quantitative estimate of drug-likeness (QED) is 0.460. The van der Waals surface area contributed by atoms with Crippen LogP contribution in [0.3, 0.4) is 0 Å². The minimum absolute atomic E-state index is 0.0272. The number of halogens is 4. The van der Waals surface area contributed by atoms with Crippen LogP contribution in [0.4, 0.5) is 23.4 Å². The van der Waals surface area contributed by atoms with E-state index < -0.39 is 35.3 Å². The second-order valence-corrected chi connectivity index (χ2v) is 10.6. The van der Waals surface area contributed by atoms with Crippen molar-refractivity contribution in [3.8, 4) is 5.69 Å². The van der Waals surface area contributed by atoms with Crippen molar-refractivity contribution < 1.29 is 22.4 Å². The third kappa shape index (κ3) is 3.97.